The van der Waals surface area contributed by atoms with Gasteiger partial charge in [-0.3, -0.25) is 10.1 Å². The first-order valence-corrected chi connectivity index (χ1v) is 7.37. The fourth-order valence-electron chi connectivity index (χ4n) is 3.15. The monoisotopic (exact) mass is 325 g/mol. The van der Waals surface area contributed by atoms with Crippen LogP contribution >= 0.6 is 15.9 Å². The van der Waals surface area contributed by atoms with Gasteiger partial charge in [0, 0.05) is 29.7 Å². The van der Waals surface area contributed by atoms with Crippen molar-refractivity contribution in [2.24, 2.45) is 5.92 Å². The molecule has 2 aliphatic heterocycles. The van der Waals surface area contributed by atoms with Gasteiger partial charge in [0.2, 0.25) is 0 Å². The molecule has 0 radical (unpaired) electrons. The lowest BCUT2D eigenvalue weighted by molar-refractivity contribution is -0.384. The van der Waals surface area contributed by atoms with E-state index in [0.717, 1.165) is 29.8 Å². The minimum Gasteiger partial charge on any atom is -0.364 e. The van der Waals surface area contributed by atoms with Crippen LogP contribution in [0.2, 0.25) is 0 Å². The van der Waals surface area contributed by atoms with Crippen molar-refractivity contribution in [2.45, 2.75) is 18.9 Å². The maximum atomic E-state index is 11.2. The standard InChI is InChI=1S/C13H16BrN3O2/c14-10-3-4-12(13(6-10)17(18)19)16-7-9-2-1-5-15-11(9)8-16/h3-4,6,9,11,15H,1-2,5,7-8H2. The zero-order valence-corrected chi connectivity index (χ0v) is 12.1. The van der Waals surface area contributed by atoms with Gasteiger partial charge in [0.05, 0.1) is 4.92 Å². The molecule has 0 saturated carbocycles. The lowest BCUT2D eigenvalue weighted by atomic mass is 9.94. The van der Waals surface area contributed by atoms with Crippen molar-refractivity contribution >= 4 is 27.3 Å². The highest BCUT2D eigenvalue weighted by molar-refractivity contribution is 9.10. The van der Waals surface area contributed by atoms with Crippen LogP contribution in [0.25, 0.3) is 0 Å². The summed E-state index contributed by atoms with van der Waals surface area (Å²) in [5.41, 5.74) is 0.928. The molecule has 6 heteroatoms. The topological polar surface area (TPSA) is 58.4 Å². The highest BCUT2D eigenvalue weighted by Crippen LogP contribution is 2.36. The maximum Gasteiger partial charge on any atom is 0.293 e. The lowest BCUT2D eigenvalue weighted by Crippen LogP contribution is -2.40. The van der Waals surface area contributed by atoms with E-state index in [-0.39, 0.29) is 10.6 Å². The number of anilines is 1. The van der Waals surface area contributed by atoms with Crippen LogP contribution in [0.5, 0.6) is 0 Å². The minimum atomic E-state index is -0.296. The smallest absolute Gasteiger partial charge is 0.293 e. The Morgan fingerprint density at radius 3 is 3.00 bits per heavy atom. The van der Waals surface area contributed by atoms with Crippen LogP contribution < -0.4 is 10.2 Å². The van der Waals surface area contributed by atoms with Crippen molar-refractivity contribution in [3.05, 3.63) is 32.8 Å². The number of nitro groups is 1. The summed E-state index contributed by atoms with van der Waals surface area (Å²) in [5, 5.41) is 14.7. The van der Waals surface area contributed by atoms with Crippen LogP contribution in [-0.2, 0) is 0 Å². The first-order chi connectivity index (χ1) is 9.15. The summed E-state index contributed by atoms with van der Waals surface area (Å²) in [6, 6.07) is 5.79. The first-order valence-electron chi connectivity index (χ1n) is 6.57. The van der Waals surface area contributed by atoms with Gasteiger partial charge in [-0.25, -0.2) is 0 Å². The SMILES string of the molecule is O=[N+]([O-])c1cc(Br)ccc1N1CC2CCCNC2C1. The molecule has 2 unspecified atom stereocenters. The van der Waals surface area contributed by atoms with E-state index in [1.165, 1.54) is 12.8 Å². The molecule has 1 N–H and O–H groups in total. The highest BCUT2D eigenvalue weighted by atomic mass is 79.9. The zero-order valence-electron chi connectivity index (χ0n) is 10.5. The van der Waals surface area contributed by atoms with Crippen LogP contribution in [0, 0.1) is 16.0 Å². The maximum absolute atomic E-state index is 11.2. The molecule has 1 aromatic rings. The molecule has 2 fully saturated rings. The zero-order chi connectivity index (χ0) is 13.4. The van der Waals surface area contributed by atoms with Gasteiger partial charge in [-0.1, -0.05) is 15.9 Å². The number of nitro benzene ring substituents is 1. The van der Waals surface area contributed by atoms with Crippen molar-refractivity contribution in [2.75, 3.05) is 24.5 Å². The Labute approximate surface area is 120 Å². The van der Waals surface area contributed by atoms with E-state index in [1.807, 2.05) is 12.1 Å². The third-order valence-electron chi connectivity index (χ3n) is 4.07. The quantitative estimate of drug-likeness (QED) is 0.670. The summed E-state index contributed by atoms with van der Waals surface area (Å²) < 4.78 is 0.748. The van der Waals surface area contributed by atoms with Gasteiger partial charge in [-0.15, -0.1) is 0 Å². The average Bonchev–Trinajstić information content (AvgIpc) is 2.82. The Hall–Kier alpha value is -1.14. The van der Waals surface area contributed by atoms with E-state index in [0.29, 0.717) is 12.0 Å². The Bertz CT molecular complexity index is 495. The molecule has 0 aromatic heterocycles. The van der Waals surface area contributed by atoms with Crippen LogP contribution in [0.4, 0.5) is 11.4 Å². The molecule has 2 aliphatic rings. The predicted octanol–water partition coefficient (Wildman–Crippen LogP) is 2.55. The number of benzene rings is 1. The van der Waals surface area contributed by atoms with E-state index >= 15 is 0 Å². The summed E-state index contributed by atoms with van der Waals surface area (Å²) in [6.45, 7) is 2.85. The number of fused-ring (bicyclic) bond motifs is 1. The Morgan fingerprint density at radius 2 is 2.26 bits per heavy atom. The number of hydrogen-bond donors (Lipinski definition) is 1. The van der Waals surface area contributed by atoms with E-state index < -0.39 is 0 Å². The molecule has 0 amide bonds. The second-order valence-corrected chi connectivity index (χ2v) is 6.17. The summed E-state index contributed by atoms with van der Waals surface area (Å²) in [6.07, 6.45) is 2.43. The second kappa shape index (κ2) is 5.09. The van der Waals surface area contributed by atoms with Gasteiger partial charge in [0.1, 0.15) is 5.69 Å². The number of rotatable bonds is 2. The number of nitrogens with one attached hydrogen (secondary N) is 1. The molecular weight excluding hydrogens is 310 g/mol. The van der Waals surface area contributed by atoms with Crippen molar-refractivity contribution in [1.82, 2.24) is 5.32 Å². The van der Waals surface area contributed by atoms with Crippen LogP contribution in [0.3, 0.4) is 0 Å². The molecule has 1 aromatic carbocycles. The van der Waals surface area contributed by atoms with E-state index in [9.17, 15) is 10.1 Å². The molecule has 5 nitrogen and oxygen atoms in total. The highest BCUT2D eigenvalue weighted by Gasteiger charge is 2.36. The van der Waals surface area contributed by atoms with Gasteiger partial charge >= 0.3 is 0 Å². The van der Waals surface area contributed by atoms with Crippen molar-refractivity contribution in [3.63, 3.8) is 0 Å². The van der Waals surface area contributed by atoms with Crippen molar-refractivity contribution in [1.29, 1.82) is 0 Å². The number of piperidine rings is 1. The summed E-state index contributed by atoms with van der Waals surface area (Å²) >= 11 is 3.30. The summed E-state index contributed by atoms with van der Waals surface area (Å²) in [7, 11) is 0. The third-order valence-corrected chi connectivity index (χ3v) is 4.57. The Balaban J connectivity index is 1.88. The van der Waals surface area contributed by atoms with Crippen LogP contribution in [0.15, 0.2) is 22.7 Å². The third kappa shape index (κ3) is 2.47. The van der Waals surface area contributed by atoms with Gasteiger partial charge in [-0.2, -0.15) is 0 Å². The molecule has 102 valence electrons. The first kappa shape index (κ1) is 12.9. The van der Waals surface area contributed by atoms with Crippen LogP contribution in [0.1, 0.15) is 12.8 Å². The van der Waals surface area contributed by atoms with Crippen LogP contribution in [-0.4, -0.2) is 30.6 Å². The molecule has 0 aliphatic carbocycles. The molecule has 19 heavy (non-hydrogen) atoms. The number of halogens is 1. The molecule has 3 rings (SSSR count). The minimum absolute atomic E-state index is 0.188. The lowest BCUT2D eigenvalue weighted by Gasteiger charge is -2.24. The molecule has 2 atom stereocenters. The summed E-state index contributed by atoms with van der Waals surface area (Å²) in [4.78, 5) is 13.0. The fraction of sp³-hybridized carbons (Fsp3) is 0.538. The van der Waals surface area contributed by atoms with Gasteiger partial charge in [0.25, 0.3) is 5.69 Å². The Morgan fingerprint density at radius 1 is 1.42 bits per heavy atom. The largest absolute Gasteiger partial charge is 0.364 e. The van der Waals surface area contributed by atoms with Gasteiger partial charge < -0.3 is 10.2 Å². The van der Waals surface area contributed by atoms with E-state index in [1.54, 1.807) is 6.07 Å². The molecule has 2 saturated heterocycles. The normalized spacial score (nSPS) is 26.3. The second-order valence-electron chi connectivity index (χ2n) is 5.26. The van der Waals surface area contributed by atoms with Crippen molar-refractivity contribution < 1.29 is 4.92 Å². The molecule has 2 heterocycles. The average molecular weight is 326 g/mol. The summed E-state index contributed by atoms with van der Waals surface area (Å²) in [5.74, 6) is 0.622. The van der Waals surface area contributed by atoms with E-state index in [2.05, 4.69) is 26.1 Å². The van der Waals surface area contributed by atoms with Gasteiger partial charge in [-0.05, 0) is 37.4 Å². The molecule has 0 spiro atoms. The number of nitrogens with zero attached hydrogens (tertiary/aromatic N) is 2. The van der Waals surface area contributed by atoms with E-state index in [4.69, 9.17) is 0 Å². The Kier molecular flexibility index (Phi) is 3.45. The van der Waals surface area contributed by atoms with Crippen molar-refractivity contribution in [3.8, 4) is 0 Å². The fourth-order valence-corrected chi connectivity index (χ4v) is 3.50. The predicted molar refractivity (Wildman–Crippen MR) is 77.5 cm³/mol. The molecular formula is C13H16BrN3O2. The number of hydrogen-bond acceptors (Lipinski definition) is 4. The molecule has 0 bridgehead atoms. The van der Waals surface area contributed by atoms with Gasteiger partial charge in [0.15, 0.2) is 0 Å².